The first kappa shape index (κ1) is 20.4. The molecule has 32 heavy (non-hydrogen) atoms. The van der Waals surface area contributed by atoms with Crippen LogP contribution >= 0.6 is 0 Å². The van der Waals surface area contributed by atoms with E-state index >= 15 is 0 Å². The number of aromatic amines is 1. The zero-order chi connectivity index (χ0) is 22.6. The van der Waals surface area contributed by atoms with Crippen molar-refractivity contribution in [1.29, 1.82) is 0 Å². The maximum Gasteiger partial charge on any atom is 0.257 e. The Bertz CT molecular complexity index is 1330. The van der Waals surface area contributed by atoms with Crippen molar-refractivity contribution >= 4 is 34.0 Å². The summed E-state index contributed by atoms with van der Waals surface area (Å²) in [6.07, 6.45) is 3.37. The van der Waals surface area contributed by atoms with Crippen molar-refractivity contribution in [2.45, 2.75) is 39.8 Å². The van der Waals surface area contributed by atoms with Gasteiger partial charge in [0, 0.05) is 43.6 Å². The van der Waals surface area contributed by atoms with Crippen molar-refractivity contribution in [3.8, 4) is 0 Å². The summed E-state index contributed by atoms with van der Waals surface area (Å²) in [4.78, 5) is 27.5. The number of nitrogens with zero attached hydrogens (tertiary/aromatic N) is 4. The molecule has 1 aliphatic rings. The van der Waals surface area contributed by atoms with E-state index in [1.807, 2.05) is 13.0 Å². The molecule has 4 aromatic rings. The van der Waals surface area contributed by atoms with Crippen LogP contribution in [0.3, 0.4) is 0 Å². The van der Waals surface area contributed by atoms with Gasteiger partial charge in [0.1, 0.15) is 11.3 Å². The van der Waals surface area contributed by atoms with Crippen molar-refractivity contribution in [1.82, 2.24) is 24.7 Å². The largest absolute Gasteiger partial charge is 0.367 e. The first-order chi connectivity index (χ1) is 15.3. The van der Waals surface area contributed by atoms with Crippen LogP contribution < -0.4 is 15.5 Å². The number of carbonyl (C=O) groups excluding carboxylic acids is 1. The summed E-state index contributed by atoms with van der Waals surface area (Å²) in [6, 6.07) is 5.75. The van der Waals surface area contributed by atoms with Gasteiger partial charge >= 0.3 is 0 Å². The molecule has 2 atom stereocenters. The molecule has 1 amide bonds. The summed E-state index contributed by atoms with van der Waals surface area (Å²) in [5.74, 6) is -0.0984. The summed E-state index contributed by atoms with van der Waals surface area (Å²) in [5.41, 5.74) is 4.19. The van der Waals surface area contributed by atoms with Crippen LogP contribution in [-0.4, -0.2) is 50.4 Å². The molecular weight excluding hydrogens is 409 g/mol. The summed E-state index contributed by atoms with van der Waals surface area (Å²) in [6.45, 7) is 9.73. The van der Waals surface area contributed by atoms with Gasteiger partial charge in [-0.15, -0.1) is 0 Å². The van der Waals surface area contributed by atoms with Crippen LogP contribution in [0.5, 0.6) is 0 Å². The molecule has 0 unspecified atom stereocenters. The fourth-order valence-electron chi connectivity index (χ4n) is 4.61. The highest BCUT2D eigenvalue weighted by molar-refractivity contribution is 6.13. The summed E-state index contributed by atoms with van der Waals surface area (Å²) >= 11 is 0. The van der Waals surface area contributed by atoms with Crippen LogP contribution in [0.15, 0.2) is 30.6 Å². The Morgan fingerprint density at radius 1 is 1.16 bits per heavy atom. The number of piperazine rings is 1. The molecule has 166 valence electrons. The Morgan fingerprint density at radius 2 is 1.91 bits per heavy atom. The van der Waals surface area contributed by atoms with Crippen molar-refractivity contribution in [2.24, 2.45) is 0 Å². The number of anilines is 2. The molecule has 8 nitrogen and oxygen atoms in total. The molecule has 0 saturated carbocycles. The fourth-order valence-corrected chi connectivity index (χ4v) is 4.61. The fraction of sp³-hybridized carbons (Fsp3) is 0.348. The summed E-state index contributed by atoms with van der Waals surface area (Å²) in [5, 5.41) is 6.35. The molecule has 0 spiro atoms. The second kappa shape index (κ2) is 7.59. The maximum atomic E-state index is 14.4. The molecule has 4 heterocycles. The molecule has 1 saturated heterocycles. The molecule has 0 aliphatic carbocycles. The lowest BCUT2D eigenvalue weighted by molar-refractivity contribution is 0.102. The molecule has 0 radical (unpaired) electrons. The van der Waals surface area contributed by atoms with E-state index in [0.29, 0.717) is 34.5 Å². The SMILES string of the molecule is Cc1cn2cc(NC(=O)c3ccc(N4C[C@@H](C)N[C@@H](C)C4)c4[nH]c(C)nc34)cc(F)c2n1. The number of benzene rings is 1. The quantitative estimate of drug-likeness (QED) is 0.459. The van der Waals surface area contributed by atoms with Crippen LogP contribution in [0.4, 0.5) is 15.8 Å². The van der Waals surface area contributed by atoms with Crippen molar-refractivity contribution in [3.63, 3.8) is 0 Å². The van der Waals surface area contributed by atoms with Gasteiger partial charge in [-0.05, 0) is 39.8 Å². The third-order valence-corrected chi connectivity index (χ3v) is 5.77. The average molecular weight is 436 g/mol. The number of aromatic nitrogens is 4. The Hall–Kier alpha value is -3.46. The van der Waals surface area contributed by atoms with E-state index in [-0.39, 0.29) is 11.6 Å². The minimum absolute atomic E-state index is 0.231. The van der Waals surface area contributed by atoms with E-state index in [0.717, 1.165) is 30.1 Å². The van der Waals surface area contributed by atoms with E-state index in [1.165, 1.54) is 6.07 Å². The Kier molecular flexibility index (Phi) is 4.85. The van der Waals surface area contributed by atoms with Crippen molar-refractivity contribution < 1.29 is 9.18 Å². The van der Waals surface area contributed by atoms with Gasteiger partial charge in [0.2, 0.25) is 0 Å². The van der Waals surface area contributed by atoms with Gasteiger partial charge in [-0.25, -0.2) is 14.4 Å². The minimum atomic E-state index is -0.492. The Balaban J connectivity index is 1.50. The first-order valence-corrected chi connectivity index (χ1v) is 10.7. The topological polar surface area (TPSA) is 90.3 Å². The highest BCUT2D eigenvalue weighted by Crippen LogP contribution is 2.30. The number of hydrogen-bond donors (Lipinski definition) is 3. The monoisotopic (exact) mass is 435 g/mol. The number of aryl methyl sites for hydroxylation is 2. The molecule has 3 N–H and O–H groups in total. The number of halogens is 1. The first-order valence-electron chi connectivity index (χ1n) is 10.7. The number of hydrogen-bond acceptors (Lipinski definition) is 5. The highest BCUT2D eigenvalue weighted by atomic mass is 19.1. The van der Waals surface area contributed by atoms with Gasteiger partial charge in [0.05, 0.1) is 28.1 Å². The highest BCUT2D eigenvalue weighted by Gasteiger charge is 2.25. The molecular formula is C23H26FN7O. The summed E-state index contributed by atoms with van der Waals surface area (Å²) < 4.78 is 16.0. The van der Waals surface area contributed by atoms with E-state index in [1.54, 1.807) is 29.8 Å². The van der Waals surface area contributed by atoms with Gasteiger partial charge in [-0.3, -0.25) is 4.79 Å². The van der Waals surface area contributed by atoms with E-state index in [4.69, 9.17) is 0 Å². The number of rotatable bonds is 3. The molecule has 1 aromatic carbocycles. The van der Waals surface area contributed by atoms with Gasteiger partial charge < -0.3 is 24.9 Å². The Morgan fingerprint density at radius 3 is 2.66 bits per heavy atom. The maximum absolute atomic E-state index is 14.4. The van der Waals surface area contributed by atoms with Gasteiger partial charge in [-0.2, -0.15) is 0 Å². The van der Waals surface area contributed by atoms with Crippen LogP contribution in [0.2, 0.25) is 0 Å². The minimum Gasteiger partial charge on any atom is -0.367 e. The predicted octanol–water partition coefficient (Wildman–Crippen LogP) is 3.41. The number of carbonyl (C=O) groups is 1. The van der Waals surface area contributed by atoms with Crippen LogP contribution in [-0.2, 0) is 0 Å². The molecule has 5 rings (SSSR count). The lowest BCUT2D eigenvalue weighted by Crippen LogP contribution is -2.54. The molecule has 3 aromatic heterocycles. The summed E-state index contributed by atoms with van der Waals surface area (Å²) in [7, 11) is 0. The normalized spacial score (nSPS) is 19.1. The third-order valence-electron chi connectivity index (χ3n) is 5.77. The third kappa shape index (κ3) is 3.58. The number of amides is 1. The Labute approximate surface area is 184 Å². The zero-order valence-corrected chi connectivity index (χ0v) is 18.5. The predicted molar refractivity (Wildman–Crippen MR) is 123 cm³/mol. The second-order valence-electron chi connectivity index (χ2n) is 8.70. The molecule has 9 heteroatoms. The van der Waals surface area contributed by atoms with Crippen molar-refractivity contribution in [2.75, 3.05) is 23.3 Å². The lowest BCUT2D eigenvalue weighted by atomic mass is 10.1. The van der Waals surface area contributed by atoms with Gasteiger partial charge in [0.15, 0.2) is 11.5 Å². The van der Waals surface area contributed by atoms with Gasteiger partial charge in [-0.1, -0.05) is 0 Å². The van der Waals surface area contributed by atoms with Crippen LogP contribution in [0.1, 0.15) is 35.7 Å². The van der Waals surface area contributed by atoms with Crippen LogP contribution in [0.25, 0.3) is 16.7 Å². The smallest absolute Gasteiger partial charge is 0.257 e. The zero-order valence-electron chi connectivity index (χ0n) is 18.5. The van der Waals surface area contributed by atoms with Gasteiger partial charge in [0.25, 0.3) is 5.91 Å². The number of fused-ring (bicyclic) bond motifs is 2. The van der Waals surface area contributed by atoms with E-state index < -0.39 is 5.82 Å². The van der Waals surface area contributed by atoms with Crippen LogP contribution in [0, 0.1) is 19.7 Å². The van der Waals surface area contributed by atoms with Crippen molar-refractivity contribution in [3.05, 3.63) is 53.5 Å². The van der Waals surface area contributed by atoms with E-state index in [2.05, 4.69) is 44.3 Å². The molecule has 1 aliphatic heterocycles. The number of H-pyrrole nitrogens is 1. The van der Waals surface area contributed by atoms with E-state index in [9.17, 15) is 9.18 Å². The lowest BCUT2D eigenvalue weighted by Gasteiger charge is -2.37. The average Bonchev–Trinajstić information content (AvgIpc) is 3.28. The molecule has 1 fully saturated rings. The second-order valence-corrected chi connectivity index (χ2v) is 8.70. The standard InChI is InChI=1S/C23H26FN7O/c1-12-8-30(9-13(2)25-12)19-6-5-17(20-21(19)28-15(4)27-20)23(32)29-16-7-18(24)22-26-14(3)10-31(22)11-16/h5-7,10-13,25H,8-9H2,1-4H3,(H,27,28)(H,29,32)/t12-,13+. The number of pyridine rings is 1. The number of imidazole rings is 2. The molecule has 0 bridgehead atoms. The number of nitrogens with one attached hydrogen (secondary N) is 3.